The zero-order chi connectivity index (χ0) is 16.8. The van der Waals surface area contributed by atoms with Gasteiger partial charge in [0.15, 0.2) is 0 Å². The van der Waals surface area contributed by atoms with E-state index in [-0.39, 0.29) is 22.8 Å². The maximum Gasteiger partial charge on any atom is 0.363 e. The first kappa shape index (κ1) is 14.4. The fourth-order valence-electron chi connectivity index (χ4n) is 2.93. The van der Waals surface area contributed by atoms with Crippen molar-refractivity contribution in [3.8, 4) is 5.75 Å². The SMILES string of the molecule is CC1Cc2cc(C(=O)ON3C(=O)c4ccccc4C3=O)ccc2O1. The normalized spacial score (nSPS) is 18.2. The van der Waals surface area contributed by atoms with Crippen molar-refractivity contribution < 1.29 is 24.0 Å². The lowest BCUT2D eigenvalue weighted by Crippen LogP contribution is -2.32. The Morgan fingerprint density at radius 1 is 1.12 bits per heavy atom. The van der Waals surface area contributed by atoms with Gasteiger partial charge in [-0.2, -0.15) is 0 Å². The van der Waals surface area contributed by atoms with Crippen LogP contribution >= 0.6 is 0 Å². The van der Waals surface area contributed by atoms with Crippen LogP contribution in [0.4, 0.5) is 0 Å². The standard InChI is InChI=1S/C18H13NO5/c1-10-8-12-9-11(6-7-15(12)23-10)18(22)24-19-16(20)13-4-2-3-5-14(13)17(19)21/h2-7,9-10H,8H2,1H3. The molecule has 0 saturated heterocycles. The minimum absolute atomic E-state index is 0.0579. The highest BCUT2D eigenvalue weighted by molar-refractivity contribution is 6.21. The maximum absolute atomic E-state index is 12.3. The lowest BCUT2D eigenvalue weighted by atomic mass is 10.1. The van der Waals surface area contributed by atoms with E-state index in [1.807, 2.05) is 6.92 Å². The number of hydroxylamine groups is 2. The number of carbonyl (C=O) groups excluding carboxylic acids is 3. The molecule has 0 N–H and O–H groups in total. The molecule has 0 bridgehead atoms. The Bertz CT molecular complexity index is 854. The van der Waals surface area contributed by atoms with Gasteiger partial charge in [0.1, 0.15) is 11.9 Å². The van der Waals surface area contributed by atoms with Gasteiger partial charge in [0.25, 0.3) is 11.8 Å². The molecule has 0 aliphatic carbocycles. The molecule has 0 aromatic heterocycles. The first-order valence-corrected chi connectivity index (χ1v) is 7.54. The lowest BCUT2D eigenvalue weighted by molar-refractivity contribution is -0.0584. The number of imide groups is 1. The zero-order valence-corrected chi connectivity index (χ0v) is 12.8. The van der Waals surface area contributed by atoms with Crippen molar-refractivity contribution in [2.75, 3.05) is 0 Å². The molecular weight excluding hydrogens is 310 g/mol. The summed E-state index contributed by atoms with van der Waals surface area (Å²) in [5, 5.41) is 0.513. The van der Waals surface area contributed by atoms with Gasteiger partial charge in [-0.15, -0.1) is 0 Å². The van der Waals surface area contributed by atoms with Gasteiger partial charge in [-0.3, -0.25) is 9.59 Å². The van der Waals surface area contributed by atoms with Gasteiger partial charge in [-0.25, -0.2) is 4.79 Å². The topological polar surface area (TPSA) is 72.9 Å². The highest BCUT2D eigenvalue weighted by Crippen LogP contribution is 2.30. The summed E-state index contributed by atoms with van der Waals surface area (Å²) < 4.78 is 5.58. The van der Waals surface area contributed by atoms with Crippen molar-refractivity contribution in [3.05, 3.63) is 64.7 Å². The molecule has 0 spiro atoms. The second kappa shape index (κ2) is 5.19. The van der Waals surface area contributed by atoms with Crippen LogP contribution in [0.25, 0.3) is 0 Å². The number of carbonyl (C=O) groups is 3. The Morgan fingerprint density at radius 3 is 2.46 bits per heavy atom. The quantitative estimate of drug-likeness (QED) is 0.793. The van der Waals surface area contributed by atoms with Crippen LogP contribution in [0.1, 0.15) is 43.6 Å². The summed E-state index contributed by atoms with van der Waals surface area (Å²) >= 11 is 0. The third-order valence-electron chi connectivity index (χ3n) is 4.06. The molecule has 24 heavy (non-hydrogen) atoms. The molecule has 4 rings (SSSR count). The Labute approximate surface area is 137 Å². The molecule has 2 amide bonds. The Morgan fingerprint density at radius 2 is 1.79 bits per heavy atom. The lowest BCUT2D eigenvalue weighted by Gasteiger charge is -2.13. The summed E-state index contributed by atoms with van der Waals surface area (Å²) in [6, 6.07) is 11.3. The number of ether oxygens (including phenoxy) is 1. The first-order valence-electron chi connectivity index (χ1n) is 7.54. The molecule has 6 nitrogen and oxygen atoms in total. The number of hydrogen-bond acceptors (Lipinski definition) is 5. The molecule has 1 unspecified atom stereocenters. The second-order valence-corrected chi connectivity index (χ2v) is 5.78. The third kappa shape index (κ3) is 2.15. The van der Waals surface area contributed by atoms with E-state index >= 15 is 0 Å². The van der Waals surface area contributed by atoms with Gasteiger partial charge in [0.05, 0.1) is 16.7 Å². The second-order valence-electron chi connectivity index (χ2n) is 5.78. The van der Waals surface area contributed by atoms with E-state index in [0.717, 1.165) is 11.3 Å². The summed E-state index contributed by atoms with van der Waals surface area (Å²) in [4.78, 5) is 41.8. The molecule has 2 aliphatic rings. The van der Waals surface area contributed by atoms with Gasteiger partial charge in [0.2, 0.25) is 0 Å². The van der Waals surface area contributed by atoms with E-state index in [0.29, 0.717) is 11.5 Å². The maximum atomic E-state index is 12.3. The molecule has 2 aromatic rings. The van der Waals surface area contributed by atoms with E-state index in [2.05, 4.69) is 0 Å². The van der Waals surface area contributed by atoms with Crippen LogP contribution < -0.4 is 4.74 Å². The van der Waals surface area contributed by atoms with Crippen LogP contribution in [0.2, 0.25) is 0 Å². The molecule has 2 heterocycles. The Hall–Kier alpha value is -3.15. The van der Waals surface area contributed by atoms with Crippen molar-refractivity contribution in [1.29, 1.82) is 0 Å². The van der Waals surface area contributed by atoms with E-state index in [4.69, 9.17) is 9.57 Å². The van der Waals surface area contributed by atoms with Crippen LogP contribution in [-0.2, 0) is 11.3 Å². The molecule has 0 radical (unpaired) electrons. The highest BCUT2D eigenvalue weighted by Gasteiger charge is 2.38. The summed E-state index contributed by atoms with van der Waals surface area (Å²) in [7, 11) is 0. The van der Waals surface area contributed by atoms with Crippen LogP contribution in [0.5, 0.6) is 5.75 Å². The largest absolute Gasteiger partial charge is 0.490 e. The van der Waals surface area contributed by atoms with E-state index < -0.39 is 17.8 Å². The van der Waals surface area contributed by atoms with Gasteiger partial charge in [-0.1, -0.05) is 17.2 Å². The molecule has 6 heteroatoms. The van der Waals surface area contributed by atoms with Gasteiger partial charge in [0, 0.05) is 6.42 Å². The zero-order valence-electron chi connectivity index (χ0n) is 12.8. The fraction of sp³-hybridized carbons (Fsp3) is 0.167. The number of rotatable bonds is 2. The molecule has 0 fully saturated rings. The minimum Gasteiger partial charge on any atom is -0.490 e. The first-order chi connectivity index (χ1) is 11.5. The number of hydrogen-bond donors (Lipinski definition) is 0. The van der Waals surface area contributed by atoms with E-state index in [9.17, 15) is 14.4 Å². The smallest absolute Gasteiger partial charge is 0.363 e. The van der Waals surface area contributed by atoms with Crippen LogP contribution in [-0.4, -0.2) is 29.0 Å². The Balaban J connectivity index is 1.57. The average molecular weight is 323 g/mol. The highest BCUT2D eigenvalue weighted by atomic mass is 16.7. The molecule has 120 valence electrons. The monoisotopic (exact) mass is 323 g/mol. The van der Waals surface area contributed by atoms with Gasteiger partial charge in [-0.05, 0) is 42.8 Å². The summed E-state index contributed by atoms with van der Waals surface area (Å²) in [6.07, 6.45) is 0.756. The van der Waals surface area contributed by atoms with Gasteiger partial charge < -0.3 is 9.57 Å². The van der Waals surface area contributed by atoms with Crippen molar-refractivity contribution in [3.63, 3.8) is 0 Å². The van der Waals surface area contributed by atoms with E-state index in [1.54, 1.807) is 30.3 Å². The Kier molecular flexibility index (Phi) is 3.13. The number of benzene rings is 2. The van der Waals surface area contributed by atoms with Crippen molar-refractivity contribution in [2.24, 2.45) is 0 Å². The predicted octanol–water partition coefficient (Wildman–Crippen LogP) is 2.38. The number of fused-ring (bicyclic) bond motifs is 2. The van der Waals surface area contributed by atoms with Gasteiger partial charge >= 0.3 is 5.97 Å². The molecule has 2 aromatic carbocycles. The number of amides is 2. The minimum atomic E-state index is -0.758. The predicted molar refractivity (Wildman–Crippen MR) is 82.6 cm³/mol. The summed E-state index contributed by atoms with van der Waals surface area (Å²) in [5.41, 5.74) is 1.63. The van der Waals surface area contributed by atoms with Crippen molar-refractivity contribution in [2.45, 2.75) is 19.4 Å². The van der Waals surface area contributed by atoms with Crippen LogP contribution in [0.3, 0.4) is 0 Å². The summed E-state index contributed by atoms with van der Waals surface area (Å²) in [6.45, 7) is 1.94. The molecular formula is C18H13NO5. The van der Waals surface area contributed by atoms with Crippen molar-refractivity contribution in [1.82, 2.24) is 5.06 Å². The average Bonchev–Trinajstić information content (AvgIpc) is 3.07. The van der Waals surface area contributed by atoms with E-state index in [1.165, 1.54) is 12.1 Å². The van der Waals surface area contributed by atoms with Crippen LogP contribution in [0, 0.1) is 0 Å². The summed E-state index contributed by atoms with van der Waals surface area (Å²) in [5.74, 6) is -1.30. The third-order valence-corrected chi connectivity index (χ3v) is 4.06. The van der Waals surface area contributed by atoms with Crippen molar-refractivity contribution >= 4 is 17.8 Å². The molecule has 0 saturated carbocycles. The fourth-order valence-corrected chi connectivity index (χ4v) is 2.93. The number of nitrogens with zero attached hydrogens (tertiary/aromatic N) is 1. The molecule has 1 atom stereocenters. The van der Waals surface area contributed by atoms with Crippen LogP contribution in [0.15, 0.2) is 42.5 Å². The molecule has 2 aliphatic heterocycles.